The number of carbonyl (C=O) groups is 2. The van der Waals surface area contributed by atoms with Crippen LogP contribution in [-0.2, 0) is 9.59 Å². The van der Waals surface area contributed by atoms with Gasteiger partial charge in [0.25, 0.3) is 0 Å². The largest absolute Gasteiger partial charge is 0.493 e. The van der Waals surface area contributed by atoms with Crippen LogP contribution < -0.4 is 9.47 Å². The van der Waals surface area contributed by atoms with Crippen LogP contribution in [0.2, 0.25) is 0 Å². The molecule has 0 saturated carbocycles. The third-order valence-electron chi connectivity index (χ3n) is 3.16. The smallest absolute Gasteiger partial charge is 0.234 e. The second-order valence-corrected chi connectivity index (χ2v) is 7.09. The molecule has 1 aromatic rings. The van der Waals surface area contributed by atoms with Gasteiger partial charge in [0.2, 0.25) is 5.91 Å². The van der Waals surface area contributed by atoms with Gasteiger partial charge in [0.1, 0.15) is 12.0 Å². The van der Waals surface area contributed by atoms with Gasteiger partial charge in [-0.15, -0.1) is 11.8 Å². The molecular formula is C15H19NO4S2. The maximum Gasteiger partial charge on any atom is 0.234 e. The van der Waals surface area contributed by atoms with Gasteiger partial charge in [0, 0.05) is 19.2 Å². The fourth-order valence-electron chi connectivity index (χ4n) is 2.09. The molecule has 0 N–H and O–H groups in total. The van der Waals surface area contributed by atoms with Crippen molar-refractivity contribution in [3.63, 3.8) is 0 Å². The van der Waals surface area contributed by atoms with E-state index in [1.54, 1.807) is 23.8 Å². The molecule has 5 nitrogen and oxygen atoms in total. The van der Waals surface area contributed by atoms with Crippen molar-refractivity contribution in [3.8, 4) is 11.5 Å². The Bertz CT molecular complexity index is 538. The molecule has 1 atom stereocenters. The molecule has 1 fully saturated rings. The number of ether oxygens (including phenoxy) is 2. The molecule has 0 bridgehead atoms. The minimum absolute atomic E-state index is 0.0150. The maximum atomic E-state index is 12.2. The summed E-state index contributed by atoms with van der Waals surface area (Å²) in [5.41, 5.74) is 0. The fraction of sp³-hybridized carbons (Fsp3) is 0.467. The molecule has 1 heterocycles. The molecule has 1 amide bonds. The monoisotopic (exact) mass is 341 g/mol. The van der Waals surface area contributed by atoms with Crippen molar-refractivity contribution in [2.24, 2.45) is 0 Å². The highest BCUT2D eigenvalue weighted by atomic mass is 32.2. The molecule has 2 rings (SSSR count). The normalized spacial score (nSPS) is 17.4. The van der Waals surface area contributed by atoms with E-state index in [1.165, 1.54) is 6.92 Å². The Labute approximate surface area is 138 Å². The van der Waals surface area contributed by atoms with Gasteiger partial charge in [-0.1, -0.05) is 23.9 Å². The summed E-state index contributed by atoms with van der Waals surface area (Å²) in [6.45, 7) is 2.57. The Morgan fingerprint density at radius 2 is 2.09 bits per heavy atom. The topological polar surface area (TPSA) is 55.8 Å². The Morgan fingerprint density at radius 1 is 1.36 bits per heavy atom. The minimum atomic E-state index is -0.0398. The van der Waals surface area contributed by atoms with Crippen molar-refractivity contribution in [1.82, 2.24) is 4.90 Å². The number of methoxy groups -OCH3 is 1. The van der Waals surface area contributed by atoms with E-state index in [0.717, 1.165) is 17.5 Å². The summed E-state index contributed by atoms with van der Waals surface area (Å²) in [5, 5.41) is -0.0630. The molecule has 1 aliphatic rings. The van der Waals surface area contributed by atoms with Gasteiger partial charge in [-0.25, -0.2) is 0 Å². The number of carbonyl (C=O) groups excluding carboxylic acids is 2. The van der Waals surface area contributed by atoms with E-state index >= 15 is 0 Å². The highest BCUT2D eigenvalue weighted by molar-refractivity contribution is 8.14. The van der Waals surface area contributed by atoms with Crippen molar-refractivity contribution in [1.29, 1.82) is 0 Å². The van der Waals surface area contributed by atoms with Gasteiger partial charge in [-0.05, 0) is 12.1 Å². The summed E-state index contributed by atoms with van der Waals surface area (Å²) in [4.78, 5) is 24.9. The van der Waals surface area contributed by atoms with Gasteiger partial charge >= 0.3 is 0 Å². The van der Waals surface area contributed by atoms with Crippen molar-refractivity contribution in [3.05, 3.63) is 24.3 Å². The number of thioether (sulfide) groups is 2. The molecule has 22 heavy (non-hydrogen) atoms. The first-order chi connectivity index (χ1) is 10.6. The molecule has 1 aliphatic heterocycles. The summed E-state index contributed by atoms with van der Waals surface area (Å²) in [5.74, 6) is 2.41. The zero-order valence-electron chi connectivity index (χ0n) is 12.6. The van der Waals surface area contributed by atoms with Crippen LogP contribution in [0.3, 0.4) is 0 Å². The Balaban J connectivity index is 1.91. The van der Waals surface area contributed by atoms with E-state index in [4.69, 9.17) is 9.47 Å². The van der Waals surface area contributed by atoms with Gasteiger partial charge in [-0.2, -0.15) is 0 Å². The van der Waals surface area contributed by atoms with Crippen molar-refractivity contribution >= 4 is 34.5 Å². The van der Waals surface area contributed by atoms with Crippen molar-refractivity contribution in [2.45, 2.75) is 12.3 Å². The van der Waals surface area contributed by atoms with Crippen LogP contribution >= 0.6 is 23.5 Å². The summed E-state index contributed by atoms with van der Waals surface area (Å²) in [6.07, 6.45) is 0. The molecule has 120 valence electrons. The molecule has 1 saturated heterocycles. The molecule has 1 aromatic carbocycles. The minimum Gasteiger partial charge on any atom is -0.493 e. The lowest BCUT2D eigenvalue weighted by Crippen LogP contribution is -2.39. The molecule has 0 unspecified atom stereocenters. The lowest BCUT2D eigenvalue weighted by atomic mass is 10.3. The average Bonchev–Trinajstić information content (AvgIpc) is 2.99. The SMILES string of the molecule is COc1ccccc1OC[C@@H]1SCCN1C(=O)CSC(C)=O. The van der Waals surface area contributed by atoms with E-state index in [0.29, 0.717) is 24.7 Å². The number of nitrogens with zero attached hydrogens (tertiary/aromatic N) is 1. The second kappa shape index (κ2) is 8.33. The highest BCUT2D eigenvalue weighted by Crippen LogP contribution is 2.29. The molecule has 0 aromatic heterocycles. The predicted molar refractivity (Wildman–Crippen MR) is 89.6 cm³/mol. The van der Waals surface area contributed by atoms with E-state index in [1.807, 2.05) is 24.3 Å². The standard InChI is InChI=1S/C15H19NO4S2/c1-11(17)22-10-14(18)16-7-8-21-15(16)9-20-13-6-4-3-5-12(13)19-2/h3-6,15H,7-10H2,1-2H3/t15-/m0/s1. The van der Waals surface area contributed by atoms with E-state index in [9.17, 15) is 9.59 Å². The van der Waals surface area contributed by atoms with Crippen LogP contribution in [0, 0.1) is 0 Å². The number of rotatable bonds is 6. The fourth-order valence-corrected chi connectivity index (χ4v) is 3.72. The molecule has 0 radical (unpaired) electrons. The van der Waals surface area contributed by atoms with Crippen molar-refractivity contribution in [2.75, 3.05) is 31.8 Å². The van der Waals surface area contributed by atoms with Crippen LogP contribution in [0.15, 0.2) is 24.3 Å². The summed E-state index contributed by atoms with van der Waals surface area (Å²) >= 11 is 2.74. The number of amides is 1. The lowest BCUT2D eigenvalue weighted by Gasteiger charge is -2.24. The van der Waals surface area contributed by atoms with Crippen LogP contribution in [0.25, 0.3) is 0 Å². The van der Waals surface area contributed by atoms with Gasteiger partial charge in [0.15, 0.2) is 16.6 Å². The third-order valence-corrected chi connectivity index (χ3v) is 5.15. The first-order valence-electron chi connectivity index (χ1n) is 6.92. The number of para-hydroxylation sites is 2. The van der Waals surface area contributed by atoms with Gasteiger partial charge in [0.05, 0.1) is 12.9 Å². The maximum absolute atomic E-state index is 12.2. The number of hydrogen-bond acceptors (Lipinski definition) is 6. The zero-order valence-corrected chi connectivity index (χ0v) is 14.2. The highest BCUT2D eigenvalue weighted by Gasteiger charge is 2.30. The van der Waals surface area contributed by atoms with E-state index < -0.39 is 0 Å². The molecule has 0 aliphatic carbocycles. The first-order valence-corrected chi connectivity index (χ1v) is 8.95. The predicted octanol–water partition coefficient (Wildman–Crippen LogP) is 2.26. The lowest BCUT2D eigenvalue weighted by molar-refractivity contribution is -0.129. The number of benzene rings is 1. The van der Waals surface area contributed by atoms with Crippen LogP contribution in [-0.4, -0.2) is 53.1 Å². The van der Waals surface area contributed by atoms with Gasteiger partial charge < -0.3 is 14.4 Å². The Morgan fingerprint density at radius 3 is 2.77 bits per heavy atom. The van der Waals surface area contributed by atoms with Gasteiger partial charge in [-0.3, -0.25) is 9.59 Å². The van der Waals surface area contributed by atoms with Crippen molar-refractivity contribution < 1.29 is 19.1 Å². The zero-order chi connectivity index (χ0) is 15.9. The second-order valence-electron chi connectivity index (χ2n) is 4.65. The Kier molecular flexibility index (Phi) is 6.45. The average molecular weight is 341 g/mol. The van der Waals surface area contributed by atoms with Crippen LogP contribution in [0.4, 0.5) is 0 Å². The van der Waals surface area contributed by atoms with E-state index in [2.05, 4.69) is 0 Å². The van der Waals surface area contributed by atoms with E-state index in [-0.39, 0.29) is 22.1 Å². The summed E-state index contributed by atoms with van der Waals surface area (Å²) in [7, 11) is 1.60. The summed E-state index contributed by atoms with van der Waals surface area (Å²) in [6, 6.07) is 7.44. The third kappa shape index (κ3) is 4.58. The quantitative estimate of drug-likeness (QED) is 0.791. The first kappa shape index (κ1) is 17.0. The van der Waals surface area contributed by atoms with Crippen LogP contribution in [0.1, 0.15) is 6.92 Å². The molecular weight excluding hydrogens is 322 g/mol. The molecule has 0 spiro atoms. The Hall–Kier alpha value is -1.34. The van der Waals surface area contributed by atoms with Crippen LogP contribution in [0.5, 0.6) is 11.5 Å². The molecule has 7 heteroatoms. The number of hydrogen-bond donors (Lipinski definition) is 0. The summed E-state index contributed by atoms with van der Waals surface area (Å²) < 4.78 is 11.1.